The first-order valence-electron chi connectivity index (χ1n) is 8.36. The number of phenols is 2. The van der Waals surface area contributed by atoms with Gasteiger partial charge in [-0.2, -0.15) is 5.10 Å². The average Bonchev–Trinajstić information content (AvgIpc) is 2.69. The molecule has 7 nitrogen and oxygen atoms in total. The molecule has 0 fully saturated rings. The monoisotopic (exact) mass is 454 g/mol. The molecule has 146 valence electrons. The Labute approximate surface area is 174 Å². The van der Waals surface area contributed by atoms with Crippen LogP contribution < -0.4 is 10.2 Å². The largest absolute Gasteiger partial charge is 0.508 e. The quantitative estimate of drug-likeness (QED) is 0.235. The van der Waals surface area contributed by atoms with Crippen molar-refractivity contribution in [3.05, 3.63) is 87.9 Å². The molecule has 0 spiro atoms. The van der Waals surface area contributed by atoms with Crippen LogP contribution in [0, 0.1) is 0 Å². The van der Waals surface area contributed by atoms with Crippen LogP contribution in [0.2, 0.25) is 0 Å². The molecular formula is C21H15BrN2O5. The lowest BCUT2D eigenvalue weighted by molar-refractivity contribution is 0.0733. The van der Waals surface area contributed by atoms with Gasteiger partial charge in [-0.15, -0.1) is 0 Å². The molecule has 0 saturated heterocycles. The van der Waals surface area contributed by atoms with Crippen LogP contribution in [0.4, 0.5) is 0 Å². The van der Waals surface area contributed by atoms with E-state index in [1.807, 2.05) is 0 Å². The third kappa shape index (κ3) is 5.20. The van der Waals surface area contributed by atoms with Crippen LogP contribution in [-0.2, 0) is 0 Å². The lowest BCUT2D eigenvalue weighted by Crippen LogP contribution is -2.17. The predicted octanol–water partition coefficient (Wildman–Crippen LogP) is 3.84. The van der Waals surface area contributed by atoms with E-state index in [1.165, 1.54) is 18.3 Å². The van der Waals surface area contributed by atoms with Crippen LogP contribution in [0.3, 0.4) is 0 Å². The minimum Gasteiger partial charge on any atom is -0.508 e. The number of nitrogens with zero attached hydrogens (tertiary/aromatic N) is 1. The first kappa shape index (κ1) is 20.1. The zero-order chi connectivity index (χ0) is 20.8. The second kappa shape index (κ2) is 9.03. The molecule has 3 N–H and O–H groups in total. The van der Waals surface area contributed by atoms with Gasteiger partial charge in [0.25, 0.3) is 5.91 Å². The van der Waals surface area contributed by atoms with E-state index in [0.29, 0.717) is 21.3 Å². The third-order valence-corrected chi connectivity index (χ3v) is 4.48. The molecule has 0 aliphatic carbocycles. The summed E-state index contributed by atoms with van der Waals surface area (Å²) in [5.74, 6) is -1.25. The number of rotatable bonds is 5. The number of hydrogen-bond donors (Lipinski definition) is 3. The second-order valence-corrected chi connectivity index (χ2v) is 6.69. The van der Waals surface area contributed by atoms with Crippen LogP contribution in [0.1, 0.15) is 26.3 Å². The molecule has 0 bridgehead atoms. The van der Waals surface area contributed by atoms with Crippen LogP contribution in [0.15, 0.2) is 76.3 Å². The van der Waals surface area contributed by atoms with Crippen molar-refractivity contribution in [1.82, 2.24) is 5.43 Å². The fourth-order valence-electron chi connectivity index (χ4n) is 2.35. The molecule has 3 aromatic rings. The fraction of sp³-hybridized carbons (Fsp3) is 0. The number of halogens is 1. The van der Waals surface area contributed by atoms with Crippen LogP contribution in [0.5, 0.6) is 17.2 Å². The Morgan fingerprint density at radius 2 is 1.69 bits per heavy atom. The van der Waals surface area contributed by atoms with Crippen molar-refractivity contribution in [2.45, 2.75) is 0 Å². The normalized spacial score (nSPS) is 10.7. The molecule has 0 unspecified atom stereocenters. The van der Waals surface area contributed by atoms with Gasteiger partial charge in [0, 0.05) is 10.5 Å². The Balaban J connectivity index is 1.59. The lowest BCUT2D eigenvalue weighted by Gasteiger charge is -2.06. The SMILES string of the molecule is O=C(N/N=C\c1ccc(OC(=O)c2ccccc2Br)cc1)c1ccc(O)cc1O. The highest BCUT2D eigenvalue weighted by molar-refractivity contribution is 9.10. The van der Waals surface area contributed by atoms with E-state index in [-0.39, 0.29) is 17.1 Å². The van der Waals surface area contributed by atoms with E-state index in [1.54, 1.807) is 48.5 Å². The third-order valence-electron chi connectivity index (χ3n) is 3.79. The first-order chi connectivity index (χ1) is 13.9. The van der Waals surface area contributed by atoms with Gasteiger partial charge in [-0.1, -0.05) is 12.1 Å². The van der Waals surface area contributed by atoms with Crippen molar-refractivity contribution in [2.24, 2.45) is 5.10 Å². The number of nitrogens with one attached hydrogen (secondary N) is 1. The summed E-state index contributed by atoms with van der Waals surface area (Å²) in [7, 11) is 0. The van der Waals surface area contributed by atoms with Crippen molar-refractivity contribution in [2.75, 3.05) is 0 Å². The highest BCUT2D eigenvalue weighted by atomic mass is 79.9. The minimum atomic E-state index is -0.627. The molecule has 0 aliphatic heterocycles. The van der Waals surface area contributed by atoms with E-state index in [0.717, 1.165) is 6.07 Å². The molecule has 0 aliphatic rings. The van der Waals surface area contributed by atoms with Crippen LogP contribution in [0.25, 0.3) is 0 Å². The van der Waals surface area contributed by atoms with Gasteiger partial charge < -0.3 is 14.9 Å². The average molecular weight is 455 g/mol. The number of aromatic hydroxyl groups is 2. The van der Waals surface area contributed by atoms with Crippen LogP contribution in [-0.4, -0.2) is 28.3 Å². The highest BCUT2D eigenvalue weighted by Gasteiger charge is 2.12. The number of ether oxygens (including phenoxy) is 1. The van der Waals surface area contributed by atoms with Crippen LogP contribution >= 0.6 is 15.9 Å². The number of carbonyl (C=O) groups is 2. The van der Waals surface area contributed by atoms with Gasteiger partial charge in [0.15, 0.2) is 0 Å². The fourth-order valence-corrected chi connectivity index (χ4v) is 2.80. The standard InChI is InChI=1S/C21H15BrN2O5/c22-18-4-2-1-3-16(18)21(28)29-15-8-5-13(6-9-15)12-23-24-20(27)17-10-7-14(25)11-19(17)26/h1-12,25-26H,(H,24,27)/b23-12-. The summed E-state index contributed by atoms with van der Waals surface area (Å²) in [4.78, 5) is 24.2. The number of hydrazone groups is 1. The smallest absolute Gasteiger partial charge is 0.344 e. The Morgan fingerprint density at radius 1 is 0.966 bits per heavy atom. The number of benzene rings is 3. The number of amides is 1. The Morgan fingerprint density at radius 3 is 2.38 bits per heavy atom. The molecule has 0 radical (unpaired) electrons. The summed E-state index contributed by atoms with van der Waals surface area (Å²) < 4.78 is 5.97. The number of phenolic OH excluding ortho intramolecular Hbond substituents is 2. The molecule has 0 aromatic heterocycles. The first-order valence-corrected chi connectivity index (χ1v) is 9.15. The predicted molar refractivity (Wildman–Crippen MR) is 110 cm³/mol. The van der Waals surface area contributed by atoms with E-state index >= 15 is 0 Å². The molecular weight excluding hydrogens is 440 g/mol. The Kier molecular flexibility index (Phi) is 6.25. The number of carbonyl (C=O) groups excluding carboxylic acids is 2. The zero-order valence-electron chi connectivity index (χ0n) is 14.9. The van der Waals surface area contributed by atoms with E-state index in [9.17, 15) is 19.8 Å². The van der Waals surface area contributed by atoms with Gasteiger partial charge in [0.05, 0.1) is 17.3 Å². The topological polar surface area (TPSA) is 108 Å². The van der Waals surface area contributed by atoms with Crippen molar-refractivity contribution in [1.29, 1.82) is 0 Å². The van der Waals surface area contributed by atoms with Gasteiger partial charge in [0.2, 0.25) is 0 Å². The summed E-state index contributed by atoms with van der Waals surface area (Å²) in [5, 5.41) is 22.7. The van der Waals surface area contributed by atoms with Gasteiger partial charge in [-0.3, -0.25) is 4.79 Å². The van der Waals surface area contributed by atoms with E-state index < -0.39 is 11.9 Å². The van der Waals surface area contributed by atoms with Gasteiger partial charge in [0.1, 0.15) is 17.2 Å². The van der Waals surface area contributed by atoms with Crippen molar-refractivity contribution in [3.8, 4) is 17.2 Å². The Bertz CT molecular complexity index is 1080. The van der Waals surface area contributed by atoms with Gasteiger partial charge in [-0.25, -0.2) is 10.2 Å². The number of hydrogen-bond acceptors (Lipinski definition) is 6. The Hall–Kier alpha value is -3.65. The zero-order valence-corrected chi connectivity index (χ0v) is 16.5. The molecule has 1 amide bonds. The second-order valence-electron chi connectivity index (χ2n) is 5.84. The van der Waals surface area contributed by atoms with E-state index in [4.69, 9.17) is 4.74 Å². The minimum absolute atomic E-state index is 0.0192. The van der Waals surface area contributed by atoms with Gasteiger partial charge in [-0.05, 0) is 70.0 Å². The molecule has 3 aromatic carbocycles. The molecule has 0 atom stereocenters. The van der Waals surface area contributed by atoms with E-state index in [2.05, 4.69) is 26.5 Å². The molecule has 29 heavy (non-hydrogen) atoms. The number of esters is 1. The summed E-state index contributed by atoms with van der Waals surface area (Å²) in [6, 6.07) is 17.1. The highest BCUT2D eigenvalue weighted by Crippen LogP contribution is 2.22. The summed E-state index contributed by atoms with van der Waals surface area (Å²) in [6.45, 7) is 0. The molecule has 0 saturated carbocycles. The van der Waals surface area contributed by atoms with Gasteiger partial charge >= 0.3 is 5.97 Å². The molecule has 3 rings (SSSR count). The maximum Gasteiger partial charge on any atom is 0.344 e. The summed E-state index contributed by atoms with van der Waals surface area (Å²) in [5.41, 5.74) is 3.33. The van der Waals surface area contributed by atoms with Crippen molar-refractivity contribution in [3.63, 3.8) is 0 Å². The lowest BCUT2D eigenvalue weighted by atomic mass is 10.2. The maximum absolute atomic E-state index is 12.2. The maximum atomic E-state index is 12.2. The van der Waals surface area contributed by atoms with Crippen molar-refractivity contribution < 1.29 is 24.5 Å². The summed E-state index contributed by atoms with van der Waals surface area (Å²) >= 11 is 3.31. The summed E-state index contributed by atoms with van der Waals surface area (Å²) in [6.07, 6.45) is 1.40. The molecule has 0 heterocycles. The van der Waals surface area contributed by atoms with Crippen molar-refractivity contribution >= 4 is 34.0 Å². The molecule has 8 heteroatoms.